The Morgan fingerprint density at radius 2 is 2.11 bits per heavy atom. The van der Waals surface area contributed by atoms with Crippen LogP contribution in [0.15, 0.2) is 30.4 Å². The molecule has 0 aliphatic heterocycles. The minimum absolute atomic E-state index is 0.184. The van der Waals surface area contributed by atoms with E-state index in [1.54, 1.807) is 18.2 Å². The fourth-order valence-electron chi connectivity index (χ4n) is 2.66. The maximum atomic E-state index is 12.2. The van der Waals surface area contributed by atoms with E-state index in [2.05, 4.69) is 5.32 Å². The molecule has 0 fully saturated rings. The van der Waals surface area contributed by atoms with Gasteiger partial charge >= 0.3 is 5.97 Å². The SMILES string of the molecule is COc1ccc(Cl)cc1NC(=O)CN(C)C(=O)COC(=O)C[C@H]1C=CCC1. The summed E-state index contributed by atoms with van der Waals surface area (Å²) in [6.07, 6.45) is 6.18. The predicted molar refractivity (Wildman–Crippen MR) is 102 cm³/mol. The molecule has 0 heterocycles. The van der Waals surface area contributed by atoms with Gasteiger partial charge in [0.25, 0.3) is 5.91 Å². The molecular formula is C19H23ClN2O5. The summed E-state index contributed by atoms with van der Waals surface area (Å²) in [6.45, 7) is -0.586. The molecule has 1 aliphatic carbocycles. The Morgan fingerprint density at radius 3 is 2.78 bits per heavy atom. The van der Waals surface area contributed by atoms with Crippen molar-refractivity contribution in [3.8, 4) is 5.75 Å². The first-order chi connectivity index (χ1) is 12.9. The van der Waals surface area contributed by atoms with Crippen molar-refractivity contribution >= 4 is 35.1 Å². The average Bonchev–Trinajstić information content (AvgIpc) is 3.12. The highest BCUT2D eigenvalue weighted by atomic mass is 35.5. The highest BCUT2D eigenvalue weighted by Gasteiger charge is 2.19. The lowest BCUT2D eigenvalue weighted by molar-refractivity contribution is -0.152. The fourth-order valence-corrected chi connectivity index (χ4v) is 2.83. The van der Waals surface area contributed by atoms with Crippen LogP contribution in [0.3, 0.4) is 0 Å². The number of rotatable bonds is 8. The average molecular weight is 395 g/mol. The van der Waals surface area contributed by atoms with E-state index in [4.69, 9.17) is 21.1 Å². The number of amides is 2. The van der Waals surface area contributed by atoms with Crippen molar-refractivity contribution in [3.05, 3.63) is 35.4 Å². The van der Waals surface area contributed by atoms with Crippen LogP contribution in [0.2, 0.25) is 5.02 Å². The summed E-state index contributed by atoms with van der Waals surface area (Å²) in [5.41, 5.74) is 0.409. The summed E-state index contributed by atoms with van der Waals surface area (Å²) in [5, 5.41) is 3.09. The van der Waals surface area contributed by atoms with Gasteiger partial charge < -0.3 is 19.7 Å². The smallest absolute Gasteiger partial charge is 0.306 e. The van der Waals surface area contributed by atoms with Crippen LogP contribution in [0.1, 0.15) is 19.3 Å². The zero-order chi connectivity index (χ0) is 19.8. The van der Waals surface area contributed by atoms with E-state index in [0.717, 1.165) is 12.8 Å². The lowest BCUT2D eigenvalue weighted by Crippen LogP contribution is -2.37. The largest absolute Gasteiger partial charge is 0.495 e. The number of methoxy groups -OCH3 is 1. The topological polar surface area (TPSA) is 84.9 Å². The molecule has 2 rings (SSSR count). The second-order valence-corrected chi connectivity index (χ2v) is 6.71. The van der Waals surface area contributed by atoms with Gasteiger partial charge in [0.15, 0.2) is 6.61 Å². The van der Waals surface area contributed by atoms with Crippen LogP contribution < -0.4 is 10.1 Å². The van der Waals surface area contributed by atoms with Crippen molar-refractivity contribution in [3.63, 3.8) is 0 Å². The zero-order valence-corrected chi connectivity index (χ0v) is 16.1. The van der Waals surface area contributed by atoms with E-state index in [0.29, 0.717) is 16.5 Å². The maximum Gasteiger partial charge on any atom is 0.306 e. The first kappa shape index (κ1) is 20.8. The molecule has 0 bridgehead atoms. The zero-order valence-electron chi connectivity index (χ0n) is 15.4. The van der Waals surface area contributed by atoms with E-state index in [1.165, 1.54) is 19.1 Å². The molecule has 0 radical (unpaired) electrons. The highest BCUT2D eigenvalue weighted by molar-refractivity contribution is 6.31. The molecule has 2 amide bonds. The molecule has 0 spiro atoms. The molecule has 27 heavy (non-hydrogen) atoms. The molecule has 0 saturated heterocycles. The van der Waals surface area contributed by atoms with Gasteiger partial charge in [-0.05, 0) is 37.0 Å². The normalized spacial score (nSPS) is 15.3. The minimum Gasteiger partial charge on any atom is -0.495 e. The summed E-state index contributed by atoms with van der Waals surface area (Å²) in [5.74, 6) is -0.658. The molecular weight excluding hydrogens is 372 g/mol. The van der Waals surface area contributed by atoms with E-state index < -0.39 is 17.8 Å². The number of hydrogen-bond acceptors (Lipinski definition) is 5. The van der Waals surface area contributed by atoms with Gasteiger partial charge in [-0.3, -0.25) is 14.4 Å². The predicted octanol–water partition coefficient (Wildman–Crippen LogP) is 2.65. The second-order valence-electron chi connectivity index (χ2n) is 6.27. The molecule has 0 unspecified atom stereocenters. The van der Waals surface area contributed by atoms with Gasteiger partial charge in [0, 0.05) is 12.1 Å². The van der Waals surface area contributed by atoms with Gasteiger partial charge in [0.05, 0.1) is 25.8 Å². The quantitative estimate of drug-likeness (QED) is 0.541. The number of carbonyl (C=O) groups excluding carboxylic acids is 3. The monoisotopic (exact) mass is 394 g/mol. The Bertz CT molecular complexity index is 735. The summed E-state index contributed by atoms with van der Waals surface area (Å²) in [4.78, 5) is 37.2. The number of anilines is 1. The van der Waals surface area contributed by atoms with Crippen LogP contribution in [-0.2, 0) is 19.1 Å². The summed E-state index contributed by atoms with van der Waals surface area (Å²) < 4.78 is 10.2. The Kier molecular flexibility index (Phi) is 7.67. The van der Waals surface area contributed by atoms with Crippen molar-refractivity contribution in [2.24, 2.45) is 5.92 Å². The number of benzene rings is 1. The van der Waals surface area contributed by atoms with Crippen molar-refractivity contribution < 1.29 is 23.9 Å². The maximum absolute atomic E-state index is 12.2. The number of esters is 1. The fraction of sp³-hybridized carbons (Fsp3) is 0.421. The third-order valence-electron chi connectivity index (χ3n) is 4.14. The van der Waals surface area contributed by atoms with Crippen molar-refractivity contribution in [1.29, 1.82) is 0 Å². The number of nitrogens with one attached hydrogen (secondary N) is 1. The molecule has 1 N–H and O–H groups in total. The van der Waals surface area contributed by atoms with Crippen LogP contribution in [0.4, 0.5) is 5.69 Å². The summed E-state index contributed by atoms with van der Waals surface area (Å²) in [6, 6.07) is 4.83. The van der Waals surface area contributed by atoms with Crippen LogP contribution in [0.25, 0.3) is 0 Å². The molecule has 0 saturated carbocycles. The third-order valence-corrected chi connectivity index (χ3v) is 4.38. The van der Waals surface area contributed by atoms with Gasteiger partial charge in [-0.1, -0.05) is 23.8 Å². The van der Waals surface area contributed by atoms with Crippen LogP contribution in [0.5, 0.6) is 5.75 Å². The molecule has 8 heteroatoms. The number of carbonyl (C=O) groups is 3. The van der Waals surface area contributed by atoms with Crippen LogP contribution >= 0.6 is 11.6 Å². The molecule has 1 aromatic rings. The lowest BCUT2D eigenvalue weighted by Gasteiger charge is -2.18. The highest BCUT2D eigenvalue weighted by Crippen LogP contribution is 2.27. The van der Waals surface area contributed by atoms with E-state index >= 15 is 0 Å². The Morgan fingerprint density at radius 1 is 1.33 bits per heavy atom. The molecule has 1 aliphatic rings. The van der Waals surface area contributed by atoms with Crippen molar-refractivity contribution in [1.82, 2.24) is 4.90 Å². The third kappa shape index (κ3) is 6.60. The summed E-state index contributed by atoms with van der Waals surface area (Å²) >= 11 is 5.92. The van der Waals surface area contributed by atoms with Gasteiger partial charge in [-0.15, -0.1) is 0 Å². The van der Waals surface area contributed by atoms with Gasteiger partial charge in [0.2, 0.25) is 5.91 Å². The first-order valence-electron chi connectivity index (χ1n) is 8.58. The Labute approximate surface area is 163 Å². The van der Waals surface area contributed by atoms with Gasteiger partial charge in [-0.25, -0.2) is 0 Å². The number of nitrogens with zero attached hydrogens (tertiary/aromatic N) is 1. The van der Waals surface area contributed by atoms with Crippen molar-refractivity contribution in [2.45, 2.75) is 19.3 Å². The number of likely N-dealkylation sites (N-methyl/N-ethyl adjacent to an activating group) is 1. The molecule has 146 valence electrons. The lowest BCUT2D eigenvalue weighted by atomic mass is 10.1. The molecule has 7 nitrogen and oxygen atoms in total. The molecule has 1 atom stereocenters. The number of halogens is 1. The molecule has 1 aromatic carbocycles. The number of hydrogen-bond donors (Lipinski definition) is 1. The molecule has 0 aromatic heterocycles. The van der Waals surface area contributed by atoms with Crippen LogP contribution in [-0.4, -0.2) is 50.0 Å². The minimum atomic E-state index is -0.460. The second kappa shape index (κ2) is 9.97. The number of ether oxygens (including phenoxy) is 2. The van der Waals surface area contributed by atoms with E-state index in [-0.39, 0.29) is 25.5 Å². The summed E-state index contributed by atoms with van der Waals surface area (Å²) in [7, 11) is 2.94. The Hall–Kier alpha value is -2.54. The standard InChI is InChI=1S/C19H23ClN2O5/c1-22(18(24)12-27-19(25)9-13-5-3-4-6-13)11-17(23)21-15-10-14(20)7-8-16(15)26-2/h3,5,7-8,10,13H,4,6,9,11-12H2,1-2H3,(H,21,23)/t13-/m0/s1. The van der Waals surface area contributed by atoms with E-state index in [1.807, 2.05) is 12.2 Å². The van der Waals surface area contributed by atoms with Crippen molar-refractivity contribution in [2.75, 3.05) is 32.6 Å². The van der Waals surface area contributed by atoms with Gasteiger partial charge in [0.1, 0.15) is 5.75 Å². The first-order valence-corrected chi connectivity index (χ1v) is 8.96. The Balaban J connectivity index is 1.78. The van der Waals surface area contributed by atoms with Crippen LogP contribution in [0, 0.1) is 5.92 Å². The number of allylic oxidation sites excluding steroid dienone is 2. The van der Waals surface area contributed by atoms with Gasteiger partial charge in [-0.2, -0.15) is 0 Å². The van der Waals surface area contributed by atoms with E-state index in [9.17, 15) is 14.4 Å².